The molecule has 0 saturated carbocycles. The Morgan fingerprint density at radius 3 is 2.33 bits per heavy atom. The maximum atomic E-state index is 13.0. The van der Waals surface area contributed by atoms with Crippen LogP contribution in [-0.2, 0) is 17.8 Å². The van der Waals surface area contributed by atoms with E-state index < -0.39 is 0 Å². The lowest BCUT2D eigenvalue weighted by Crippen LogP contribution is -2.35. The van der Waals surface area contributed by atoms with Crippen LogP contribution in [0.5, 0.6) is 23.0 Å². The zero-order valence-corrected chi connectivity index (χ0v) is 19.0. The third kappa shape index (κ3) is 4.65. The summed E-state index contributed by atoms with van der Waals surface area (Å²) in [5.41, 5.74) is 4.94. The van der Waals surface area contributed by atoms with Gasteiger partial charge in [-0.2, -0.15) is 0 Å². The Bertz CT molecular complexity index is 1170. The van der Waals surface area contributed by atoms with E-state index in [0.717, 1.165) is 40.0 Å². The maximum Gasteiger partial charge on any atom is 0.246 e. The van der Waals surface area contributed by atoms with E-state index in [1.807, 2.05) is 35.2 Å². The number of aromatic hydroxyl groups is 1. The number of carbonyl (C=O) groups excluding carboxylic acids is 1. The molecule has 3 aromatic rings. The second kappa shape index (κ2) is 9.69. The second-order valence-electron chi connectivity index (χ2n) is 7.79. The lowest BCUT2D eigenvalue weighted by molar-refractivity contribution is -0.126. The van der Waals surface area contributed by atoms with Gasteiger partial charge in [-0.15, -0.1) is 0 Å². The standard InChI is InChI=1S/C27H27NO5/c1-31-22-11-7-19(8-12-22)26-23-17-28(15-14-20(23)16-24(32-2)27(26)33-3)25(30)13-6-18-4-9-21(29)10-5-18/h4-13,16,29H,14-15,17H2,1-3H3/b13-6+. The van der Waals surface area contributed by atoms with Crippen LogP contribution in [0.25, 0.3) is 17.2 Å². The van der Waals surface area contributed by atoms with Crippen LogP contribution in [-0.4, -0.2) is 43.8 Å². The highest BCUT2D eigenvalue weighted by atomic mass is 16.5. The molecule has 1 aliphatic heterocycles. The molecule has 3 aromatic carbocycles. The predicted octanol–water partition coefficient (Wildman–Crippen LogP) is 4.68. The number of carbonyl (C=O) groups is 1. The number of hydrogen-bond acceptors (Lipinski definition) is 5. The molecule has 170 valence electrons. The summed E-state index contributed by atoms with van der Waals surface area (Å²) < 4.78 is 16.7. The summed E-state index contributed by atoms with van der Waals surface area (Å²) >= 11 is 0. The van der Waals surface area contributed by atoms with E-state index in [1.165, 1.54) is 0 Å². The molecule has 6 heteroatoms. The lowest BCUT2D eigenvalue weighted by atomic mass is 9.89. The van der Waals surface area contributed by atoms with Gasteiger partial charge < -0.3 is 24.2 Å². The number of hydrogen-bond donors (Lipinski definition) is 1. The van der Waals surface area contributed by atoms with Crippen LogP contribution in [0, 0.1) is 0 Å². The zero-order chi connectivity index (χ0) is 23.4. The van der Waals surface area contributed by atoms with Crippen molar-refractivity contribution in [3.8, 4) is 34.1 Å². The number of amides is 1. The van der Waals surface area contributed by atoms with E-state index in [2.05, 4.69) is 0 Å². The van der Waals surface area contributed by atoms with Gasteiger partial charge in [0.05, 0.1) is 21.3 Å². The Morgan fingerprint density at radius 1 is 0.970 bits per heavy atom. The molecule has 1 heterocycles. The van der Waals surface area contributed by atoms with Crippen molar-refractivity contribution in [2.24, 2.45) is 0 Å². The molecule has 0 atom stereocenters. The van der Waals surface area contributed by atoms with Gasteiger partial charge in [-0.1, -0.05) is 24.3 Å². The quantitative estimate of drug-likeness (QED) is 0.558. The molecule has 1 amide bonds. The lowest BCUT2D eigenvalue weighted by Gasteiger charge is -2.31. The van der Waals surface area contributed by atoms with Crippen LogP contribution in [0.2, 0.25) is 0 Å². The molecule has 6 nitrogen and oxygen atoms in total. The van der Waals surface area contributed by atoms with Crippen LogP contribution in [0.1, 0.15) is 16.7 Å². The van der Waals surface area contributed by atoms with Crippen molar-refractivity contribution in [1.29, 1.82) is 0 Å². The second-order valence-corrected chi connectivity index (χ2v) is 7.79. The van der Waals surface area contributed by atoms with E-state index in [1.54, 1.807) is 57.7 Å². The van der Waals surface area contributed by atoms with Gasteiger partial charge in [-0.3, -0.25) is 4.79 Å². The maximum absolute atomic E-state index is 13.0. The summed E-state index contributed by atoms with van der Waals surface area (Å²) in [6.45, 7) is 1.08. The fourth-order valence-corrected chi connectivity index (χ4v) is 4.12. The molecule has 0 bridgehead atoms. The van der Waals surface area contributed by atoms with Crippen LogP contribution < -0.4 is 14.2 Å². The highest BCUT2D eigenvalue weighted by molar-refractivity contribution is 5.92. The van der Waals surface area contributed by atoms with Crippen molar-refractivity contribution in [2.45, 2.75) is 13.0 Å². The van der Waals surface area contributed by atoms with Crippen molar-refractivity contribution in [3.63, 3.8) is 0 Å². The molecule has 0 fully saturated rings. The Morgan fingerprint density at radius 2 is 1.70 bits per heavy atom. The van der Waals surface area contributed by atoms with Gasteiger partial charge >= 0.3 is 0 Å². The van der Waals surface area contributed by atoms with Gasteiger partial charge in [0.15, 0.2) is 11.5 Å². The average Bonchev–Trinajstić information content (AvgIpc) is 2.86. The summed E-state index contributed by atoms with van der Waals surface area (Å²) in [5.74, 6) is 2.22. The number of phenolic OH excluding ortho intramolecular Hbond substituents is 1. The number of nitrogens with zero attached hydrogens (tertiary/aromatic N) is 1. The third-order valence-electron chi connectivity index (χ3n) is 5.87. The first-order valence-electron chi connectivity index (χ1n) is 10.7. The van der Waals surface area contributed by atoms with Crippen molar-refractivity contribution < 1.29 is 24.1 Å². The molecule has 1 aliphatic rings. The summed E-state index contributed by atoms with van der Waals surface area (Å²) in [4.78, 5) is 14.8. The average molecular weight is 446 g/mol. The van der Waals surface area contributed by atoms with Crippen molar-refractivity contribution in [2.75, 3.05) is 27.9 Å². The van der Waals surface area contributed by atoms with E-state index in [-0.39, 0.29) is 11.7 Å². The van der Waals surface area contributed by atoms with Crippen molar-refractivity contribution in [1.82, 2.24) is 4.90 Å². The first-order chi connectivity index (χ1) is 16.0. The molecule has 0 aliphatic carbocycles. The largest absolute Gasteiger partial charge is 0.508 e. The van der Waals surface area contributed by atoms with Gasteiger partial charge in [-0.25, -0.2) is 0 Å². The Hall–Kier alpha value is -3.93. The van der Waals surface area contributed by atoms with E-state index in [9.17, 15) is 9.90 Å². The number of fused-ring (bicyclic) bond motifs is 1. The summed E-state index contributed by atoms with van der Waals surface area (Å²) in [6, 6.07) is 16.5. The zero-order valence-electron chi connectivity index (χ0n) is 19.0. The first kappa shape index (κ1) is 22.3. The van der Waals surface area contributed by atoms with Crippen molar-refractivity contribution >= 4 is 12.0 Å². The summed E-state index contributed by atoms with van der Waals surface area (Å²) in [6.07, 6.45) is 4.05. The Kier molecular flexibility index (Phi) is 6.54. The normalized spacial score (nSPS) is 13.0. The monoisotopic (exact) mass is 445 g/mol. The molecular formula is C27H27NO5. The topological polar surface area (TPSA) is 68.2 Å². The number of methoxy groups -OCH3 is 3. The van der Waals surface area contributed by atoms with Crippen molar-refractivity contribution in [3.05, 3.63) is 77.4 Å². The first-order valence-corrected chi connectivity index (χ1v) is 10.7. The minimum Gasteiger partial charge on any atom is -0.508 e. The fourth-order valence-electron chi connectivity index (χ4n) is 4.12. The highest BCUT2D eigenvalue weighted by Crippen LogP contribution is 2.44. The van der Waals surface area contributed by atoms with Crippen LogP contribution in [0.15, 0.2) is 60.7 Å². The molecular weight excluding hydrogens is 418 g/mol. The highest BCUT2D eigenvalue weighted by Gasteiger charge is 2.27. The molecule has 0 aromatic heterocycles. The molecule has 0 spiro atoms. The van der Waals surface area contributed by atoms with Crippen LogP contribution >= 0.6 is 0 Å². The molecule has 4 rings (SSSR count). The van der Waals surface area contributed by atoms with Crippen LogP contribution in [0.3, 0.4) is 0 Å². The van der Waals surface area contributed by atoms with Gasteiger partial charge in [0.25, 0.3) is 0 Å². The van der Waals surface area contributed by atoms with E-state index in [0.29, 0.717) is 24.6 Å². The molecule has 0 saturated heterocycles. The van der Waals surface area contributed by atoms with Gasteiger partial charge in [0, 0.05) is 24.7 Å². The minimum absolute atomic E-state index is 0.0656. The molecule has 33 heavy (non-hydrogen) atoms. The Labute approximate surface area is 193 Å². The number of benzene rings is 3. The Balaban J connectivity index is 1.69. The number of phenols is 1. The molecule has 0 unspecified atom stereocenters. The minimum atomic E-state index is -0.0656. The molecule has 0 radical (unpaired) electrons. The predicted molar refractivity (Wildman–Crippen MR) is 128 cm³/mol. The molecule has 1 N–H and O–H groups in total. The number of ether oxygens (including phenoxy) is 3. The van der Waals surface area contributed by atoms with Crippen LogP contribution in [0.4, 0.5) is 0 Å². The van der Waals surface area contributed by atoms with Gasteiger partial charge in [0.2, 0.25) is 5.91 Å². The van der Waals surface area contributed by atoms with E-state index in [4.69, 9.17) is 14.2 Å². The van der Waals surface area contributed by atoms with E-state index >= 15 is 0 Å². The third-order valence-corrected chi connectivity index (χ3v) is 5.87. The van der Waals surface area contributed by atoms with Gasteiger partial charge in [0.1, 0.15) is 11.5 Å². The summed E-state index contributed by atoms with van der Waals surface area (Å²) in [5, 5.41) is 9.43. The van der Waals surface area contributed by atoms with Gasteiger partial charge in [-0.05, 0) is 65.1 Å². The smallest absolute Gasteiger partial charge is 0.246 e. The summed E-state index contributed by atoms with van der Waals surface area (Å²) in [7, 11) is 4.90. The fraction of sp³-hybridized carbons (Fsp3) is 0.222. The SMILES string of the molecule is COc1ccc(-c2c3c(cc(OC)c2OC)CCN(C(=O)/C=C/c2ccc(O)cc2)C3)cc1. The number of rotatable bonds is 6.